The van der Waals surface area contributed by atoms with E-state index in [-0.39, 0.29) is 6.61 Å². The number of benzene rings is 1. The minimum atomic E-state index is -0.779. The maximum absolute atomic E-state index is 11.5. The number of aliphatic hydroxyl groups excluding tert-OH is 2. The van der Waals surface area contributed by atoms with Crippen LogP contribution < -0.4 is 5.73 Å². The Balaban J connectivity index is 2.70. The van der Waals surface area contributed by atoms with Crippen LogP contribution in [0.2, 0.25) is 0 Å². The van der Waals surface area contributed by atoms with Gasteiger partial charge < -0.3 is 20.7 Å². The van der Waals surface area contributed by atoms with Crippen LogP contribution in [0, 0.1) is 0 Å². The van der Waals surface area contributed by atoms with Crippen molar-refractivity contribution in [1.82, 2.24) is 0 Å². The molecule has 1 atom stereocenters. The number of hydrogen-bond acceptors (Lipinski definition) is 6. The molecule has 1 aromatic carbocycles. The maximum atomic E-state index is 11.5. The molecule has 5 nitrogen and oxygen atoms in total. The number of anilines is 1. The largest absolute Gasteiger partial charge is 0.462 e. The van der Waals surface area contributed by atoms with Crippen molar-refractivity contribution in [1.29, 1.82) is 0 Å². The molecule has 4 N–H and O–H groups in total. The third-order valence-corrected chi connectivity index (χ3v) is 3.40. The minimum Gasteiger partial charge on any atom is -0.462 e. The molecule has 18 heavy (non-hydrogen) atoms. The molecule has 0 fully saturated rings. The van der Waals surface area contributed by atoms with Crippen LogP contribution in [0.3, 0.4) is 0 Å². The molecular formula is C12H17NO4S. The first kappa shape index (κ1) is 14.8. The second kappa shape index (κ2) is 7.25. The first-order valence-corrected chi connectivity index (χ1v) is 6.55. The van der Waals surface area contributed by atoms with Crippen LogP contribution in [0.15, 0.2) is 23.1 Å². The first-order chi connectivity index (χ1) is 8.58. The molecule has 0 spiro atoms. The molecule has 0 saturated heterocycles. The lowest BCUT2D eigenvalue weighted by Crippen LogP contribution is -2.14. The van der Waals surface area contributed by atoms with Crippen molar-refractivity contribution < 1.29 is 19.7 Å². The van der Waals surface area contributed by atoms with E-state index in [1.807, 2.05) is 0 Å². The number of esters is 1. The highest BCUT2D eigenvalue weighted by atomic mass is 32.2. The number of ether oxygens (including phenoxy) is 1. The number of carbonyl (C=O) groups excluding carboxylic acids is 1. The quantitative estimate of drug-likeness (QED) is 0.404. The van der Waals surface area contributed by atoms with E-state index in [9.17, 15) is 9.90 Å². The lowest BCUT2D eigenvalue weighted by Gasteiger charge is -2.10. The lowest BCUT2D eigenvalue weighted by atomic mass is 10.2. The number of nitrogen functional groups attached to an aromatic ring is 1. The van der Waals surface area contributed by atoms with E-state index in [0.717, 1.165) is 4.90 Å². The normalized spacial score (nSPS) is 12.2. The van der Waals surface area contributed by atoms with Gasteiger partial charge in [-0.1, -0.05) is 0 Å². The monoisotopic (exact) mass is 271 g/mol. The van der Waals surface area contributed by atoms with E-state index >= 15 is 0 Å². The molecule has 6 heteroatoms. The Morgan fingerprint density at radius 3 is 2.83 bits per heavy atom. The van der Waals surface area contributed by atoms with E-state index in [1.165, 1.54) is 11.8 Å². The standard InChI is InChI=1S/C12H17NO4S/c1-2-17-12(16)8-3-4-11(10(13)5-8)18-7-9(15)6-14/h3-5,9,14-15H,2,6-7,13H2,1H3. The van der Waals surface area contributed by atoms with Gasteiger partial charge in [0.15, 0.2) is 0 Å². The number of thioether (sulfide) groups is 1. The van der Waals surface area contributed by atoms with Gasteiger partial charge in [0.2, 0.25) is 0 Å². The molecule has 0 amide bonds. The number of carbonyl (C=O) groups is 1. The number of hydrogen-bond donors (Lipinski definition) is 3. The Bertz CT molecular complexity index is 411. The molecule has 0 bridgehead atoms. The van der Waals surface area contributed by atoms with Crippen LogP contribution in [-0.2, 0) is 4.74 Å². The zero-order valence-corrected chi connectivity index (χ0v) is 10.9. The molecule has 0 radical (unpaired) electrons. The Labute approximate surface area is 110 Å². The van der Waals surface area contributed by atoms with Crippen LogP contribution in [0.4, 0.5) is 5.69 Å². The van der Waals surface area contributed by atoms with Crippen LogP contribution >= 0.6 is 11.8 Å². The summed E-state index contributed by atoms with van der Waals surface area (Å²) >= 11 is 1.33. The number of nitrogens with two attached hydrogens (primary N) is 1. The van der Waals surface area contributed by atoms with E-state index < -0.39 is 12.1 Å². The average Bonchev–Trinajstić information content (AvgIpc) is 2.37. The molecule has 0 aliphatic carbocycles. The van der Waals surface area contributed by atoms with Gasteiger partial charge in [-0.2, -0.15) is 0 Å². The Morgan fingerprint density at radius 1 is 1.56 bits per heavy atom. The number of rotatable bonds is 6. The summed E-state index contributed by atoms with van der Waals surface area (Å²) in [6.07, 6.45) is -0.779. The van der Waals surface area contributed by atoms with E-state index in [1.54, 1.807) is 25.1 Å². The summed E-state index contributed by atoms with van der Waals surface area (Å²) in [4.78, 5) is 12.2. The topological polar surface area (TPSA) is 92.8 Å². The molecule has 0 saturated carbocycles. The summed E-state index contributed by atoms with van der Waals surface area (Å²) in [5, 5.41) is 17.9. The predicted molar refractivity (Wildman–Crippen MR) is 70.6 cm³/mol. The van der Waals surface area contributed by atoms with Crippen molar-refractivity contribution in [2.75, 3.05) is 24.7 Å². The maximum Gasteiger partial charge on any atom is 0.338 e. The third kappa shape index (κ3) is 4.21. The van der Waals surface area contributed by atoms with Gasteiger partial charge in [-0.15, -0.1) is 11.8 Å². The molecule has 0 heterocycles. The zero-order chi connectivity index (χ0) is 13.5. The van der Waals surface area contributed by atoms with Crippen LogP contribution in [0.25, 0.3) is 0 Å². The van der Waals surface area contributed by atoms with Gasteiger partial charge in [-0.05, 0) is 25.1 Å². The van der Waals surface area contributed by atoms with E-state index in [4.69, 9.17) is 15.6 Å². The van der Waals surface area contributed by atoms with E-state index in [0.29, 0.717) is 23.6 Å². The SMILES string of the molecule is CCOC(=O)c1ccc(SCC(O)CO)c(N)c1. The zero-order valence-electron chi connectivity index (χ0n) is 10.1. The number of aliphatic hydroxyl groups is 2. The molecule has 100 valence electrons. The van der Waals surface area contributed by atoms with Crippen molar-refractivity contribution in [3.63, 3.8) is 0 Å². The van der Waals surface area contributed by atoms with Crippen LogP contribution in [0.5, 0.6) is 0 Å². The Kier molecular flexibility index (Phi) is 5.97. The second-order valence-corrected chi connectivity index (χ2v) is 4.68. The summed E-state index contributed by atoms with van der Waals surface area (Å²) in [6, 6.07) is 4.88. The van der Waals surface area contributed by atoms with Crippen LogP contribution in [-0.4, -0.2) is 41.3 Å². The molecule has 1 aromatic rings. The van der Waals surface area contributed by atoms with E-state index in [2.05, 4.69) is 0 Å². The molecule has 1 unspecified atom stereocenters. The lowest BCUT2D eigenvalue weighted by molar-refractivity contribution is 0.0526. The minimum absolute atomic E-state index is 0.284. The van der Waals surface area contributed by atoms with Gasteiger partial charge in [0.05, 0.1) is 24.9 Å². The van der Waals surface area contributed by atoms with Gasteiger partial charge in [-0.3, -0.25) is 0 Å². The summed E-state index contributed by atoms with van der Waals surface area (Å²) in [5.74, 6) is -0.0597. The van der Waals surface area contributed by atoms with Gasteiger partial charge in [0.25, 0.3) is 0 Å². The first-order valence-electron chi connectivity index (χ1n) is 5.56. The van der Waals surface area contributed by atoms with Crippen molar-refractivity contribution in [3.8, 4) is 0 Å². The highest BCUT2D eigenvalue weighted by molar-refractivity contribution is 7.99. The highest BCUT2D eigenvalue weighted by Gasteiger charge is 2.10. The second-order valence-electron chi connectivity index (χ2n) is 3.62. The molecule has 0 aromatic heterocycles. The fourth-order valence-electron chi connectivity index (χ4n) is 1.26. The molecule has 0 aliphatic rings. The van der Waals surface area contributed by atoms with Crippen LogP contribution in [0.1, 0.15) is 17.3 Å². The van der Waals surface area contributed by atoms with Gasteiger partial charge in [0.1, 0.15) is 0 Å². The average molecular weight is 271 g/mol. The summed E-state index contributed by atoms with van der Waals surface area (Å²) in [6.45, 7) is 1.77. The summed E-state index contributed by atoms with van der Waals surface area (Å²) in [5.41, 5.74) is 6.67. The van der Waals surface area contributed by atoms with Crippen molar-refractivity contribution in [3.05, 3.63) is 23.8 Å². The molecule has 1 rings (SSSR count). The smallest absolute Gasteiger partial charge is 0.338 e. The summed E-state index contributed by atoms with van der Waals surface area (Å²) < 4.78 is 4.86. The van der Waals surface area contributed by atoms with Gasteiger partial charge in [0, 0.05) is 16.3 Å². The highest BCUT2D eigenvalue weighted by Crippen LogP contribution is 2.26. The molecule has 0 aliphatic heterocycles. The van der Waals surface area contributed by atoms with Crippen molar-refractivity contribution in [2.24, 2.45) is 0 Å². The van der Waals surface area contributed by atoms with Crippen molar-refractivity contribution in [2.45, 2.75) is 17.9 Å². The van der Waals surface area contributed by atoms with Gasteiger partial charge in [-0.25, -0.2) is 4.79 Å². The van der Waals surface area contributed by atoms with Crippen molar-refractivity contribution >= 4 is 23.4 Å². The fourth-order valence-corrected chi connectivity index (χ4v) is 2.13. The Morgan fingerprint density at radius 2 is 2.28 bits per heavy atom. The fraction of sp³-hybridized carbons (Fsp3) is 0.417. The summed E-state index contributed by atoms with van der Waals surface area (Å²) in [7, 11) is 0. The third-order valence-electron chi connectivity index (χ3n) is 2.16. The Hall–Kier alpha value is -1.24. The van der Waals surface area contributed by atoms with Gasteiger partial charge >= 0.3 is 5.97 Å². The predicted octanol–water partition coefficient (Wildman–Crippen LogP) is 0.891. The molecular weight excluding hydrogens is 254 g/mol.